The predicted octanol–water partition coefficient (Wildman–Crippen LogP) is 4.09. The van der Waals surface area contributed by atoms with Crippen LogP contribution in [0.5, 0.6) is 17.4 Å². The molecule has 2 heterocycles. The number of fused-ring (bicyclic) bond motifs is 1. The highest BCUT2D eigenvalue weighted by Crippen LogP contribution is 2.31. The molecule has 0 radical (unpaired) electrons. The highest BCUT2D eigenvalue weighted by molar-refractivity contribution is 5.78. The summed E-state index contributed by atoms with van der Waals surface area (Å²) in [5.41, 5.74) is 4.38. The molecule has 136 valence electrons. The van der Waals surface area contributed by atoms with Gasteiger partial charge in [0.05, 0.1) is 19.9 Å². The van der Waals surface area contributed by atoms with Gasteiger partial charge in [-0.25, -0.2) is 9.97 Å². The van der Waals surface area contributed by atoms with E-state index in [2.05, 4.69) is 4.98 Å². The van der Waals surface area contributed by atoms with Gasteiger partial charge >= 0.3 is 0 Å². The number of aromatic nitrogens is 3. The number of hydrogen-bond acceptors (Lipinski definition) is 5. The number of imidazole rings is 1. The van der Waals surface area contributed by atoms with E-state index >= 15 is 0 Å². The fourth-order valence-electron chi connectivity index (χ4n) is 2.99. The molecule has 0 fully saturated rings. The van der Waals surface area contributed by atoms with Gasteiger partial charge in [0.1, 0.15) is 22.9 Å². The number of methoxy groups -OCH3 is 2. The van der Waals surface area contributed by atoms with Crippen molar-refractivity contribution < 1.29 is 14.6 Å². The van der Waals surface area contributed by atoms with Crippen molar-refractivity contribution in [2.45, 2.75) is 6.92 Å². The van der Waals surface area contributed by atoms with E-state index in [1.807, 2.05) is 48.5 Å². The molecule has 0 spiro atoms. The lowest BCUT2D eigenvalue weighted by atomic mass is 10.1. The van der Waals surface area contributed by atoms with Crippen LogP contribution in [0.2, 0.25) is 0 Å². The van der Waals surface area contributed by atoms with Crippen LogP contribution in [-0.4, -0.2) is 33.7 Å². The smallest absolute Gasteiger partial charge is 0.219 e. The molecule has 1 N–H and O–H groups in total. The molecule has 4 aromatic rings. The Morgan fingerprint density at radius 1 is 0.815 bits per heavy atom. The average Bonchev–Trinajstić information content (AvgIpc) is 3.01. The molecule has 6 nitrogen and oxygen atoms in total. The van der Waals surface area contributed by atoms with Crippen LogP contribution in [-0.2, 0) is 0 Å². The third kappa shape index (κ3) is 2.95. The quantitative estimate of drug-likeness (QED) is 0.593. The van der Waals surface area contributed by atoms with Crippen LogP contribution in [0.3, 0.4) is 0 Å². The molecule has 27 heavy (non-hydrogen) atoms. The molecule has 2 aromatic heterocycles. The molecule has 4 rings (SSSR count). The van der Waals surface area contributed by atoms with E-state index in [0.717, 1.165) is 28.3 Å². The average molecular weight is 361 g/mol. The maximum Gasteiger partial charge on any atom is 0.219 e. The predicted molar refractivity (Wildman–Crippen MR) is 103 cm³/mol. The minimum Gasteiger partial charge on any atom is -0.497 e. The summed E-state index contributed by atoms with van der Waals surface area (Å²) in [5.74, 6) is 1.65. The highest BCUT2D eigenvalue weighted by atomic mass is 16.5. The van der Waals surface area contributed by atoms with Gasteiger partial charge in [-0.15, -0.1) is 0 Å². The molecule has 0 unspecified atom stereocenters. The zero-order valence-corrected chi connectivity index (χ0v) is 15.3. The molecule has 2 aromatic carbocycles. The topological polar surface area (TPSA) is 68.9 Å². The summed E-state index contributed by atoms with van der Waals surface area (Å²) in [7, 11) is 3.26. The molecule has 0 bridgehead atoms. The Kier molecular flexibility index (Phi) is 4.16. The standard InChI is InChI=1S/C21H19N3O3/c1-13-21(25)24-12-18(14-4-8-16(26-2)9-5-14)23-19(20(24)22-13)15-6-10-17(27-3)11-7-15/h4-12,25H,1-3H3. The van der Waals surface area contributed by atoms with E-state index < -0.39 is 0 Å². The molecule has 0 aliphatic carbocycles. The first-order valence-electron chi connectivity index (χ1n) is 8.48. The van der Waals surface area contributed by atoms with Crippen molar-refractivity contribution in [3.63, 3.8) is 0 Å². The van der Waals surface area contributed by atoms with Crippen LogP contribution >= 0.6 is 0 Å². The van der Waals surface area contributed by atoms with Crippen molar-refractivity contribution in [1.29, 1.82) is 0 Å². The Balaban J connectivity index is 1.93. The first-order chi connectivity index (χ1) is 13.1. The molecular weight excluding hydrogens is 342 g/mol. The number of hydrogen-bond donors (Lipinski definition) is 1. The van der Waals surface area contributed by atoms with Gasteiger partial charge in [-0.1, -0.05) is 0 Å². The Morgan fingerprint density at radius 3 is 1.93 bits per heavy atom. The zero-order chi connectivity index (χ0) is 19.0. The van der Waals surface area contributed by atoms with Gasteiger partial charge in [-0.2, -0.15) is 0 Å². The van der Waals surface area contributed by atoms with Crippen molar-refractivity contribution in [2.75, 3.05) is 14.2 Å². The maximum absolute atomic E-state index is 10.4. The van der Waals surface area contributed by atoms with Gasteiger partial charge in [0.25, 0.3) is 0 Å². The van der Waals surface area contributed by atoms with Gasteiger partial charge in [0.15, 0.2) is 5.65 Å². The second-order valence-electron chi connectivity index (χ2n) is 6.15. The lowest BCUT2D eigenvalue weighted by Crippen LogP contribution is -1.96. The van der Waals surface area contributed by atoms with Gasteiger partial charge < -0.3 is 14.6 Å². The zero-order valence-electron chi connectivity index (χ0n) is 15.3. The van der Waals surface area contributed by atoms with Crippen molar-refractivity contribution in [3.8, 4) is 39.9 Å². The Labute approximate surface area is 156 Å². The van der Waals surface area contributed by atoms with Crippen LogP contribution in [0.4, 0.5) is 0 Å². The number of aryl methyl sites for hydroxylation is 1. The number of ether oxygens (including phenoxy) is 2. The molecule has 0 saturated heterocycles. The summed E-state index contributed by atoms with van der Waals surface area (Å²) in [6.45, 7) is 1.77. The second kappa shape index (κ2) is 6.64. The Hall–Kier alpha value is -3.54. The number of nitrogens with zero attached hydrogens (tertiary/aromatic N) is 3. The Bertz CT molecular complexity index is 1100. The monoisotopic (exact) mass is 361 g/mol. The molecule has 0 amide bonds. The lowest BCUT2D eigenvalue weighted by molar-refractivity contribution is 0.415. The van der Waals surface area contributed by atoms with Gasteiger partial charge in [0.2, 0.25) is 5.88 Å². The summed E-state index contributed by atoms with van der Waals surface area (Å²) < 4.78 is 12.1. The molecular formula is C21H19N3O3. The number of benzene rings is 2. The van der Waals surface area contributed by atoms with E-state index in [9.17, 15) is 5.11 Å². The minimum atomic E-state index is 0.108. The second-order valence-corrected chi connectivity index (χ2v) is 6.15. The Morgan fingerprint density at radius 2 is 1.37 bits per heavy atom. The first kappa shape index (κ1) is 16.9. The lowest BCUT2D eigenvalue weighted by Gasteiger charge is -2.09. The fourth-order valence-corrected chi connectivity index (χ4v) is 2.99. The minimum absolute atomic E-state index is 0.108. The van der Waals surface area contributed by atoms with E-state index in [1.54, 1.807) is 31.7 Å². The molecule has 0 atom stereocenters. The van der Waals surface area contributed by atoms with Gasteiger partial charge in [-0.3, -0.25) is 4.40 Å². The third-order valence-electron chi connectivity index (χ3n) is 4.50. The van der Waals surface area contributed by atoms with Crippen molar-refractivity contribution in [2.24, 2.45) is 0 Å². The summed E-state index contributed by atoms with van der Waals surface area (Å²) in [5, 5.41) is 10.4. The summed E-state index contributed by atoms with van der Waals surface area (Å²) in [4.78, 5) is 9.32. The highest BCUT2D eigenvalue weighted by Gasteiger charge is 2.16. The fraction of sp³-hybridized carbons (Fsp3) is 0.143. The summed E-state index contributed by atoms with van der Waals surface area (Å²) in [6.07, 6.45) is 1.79. The van der Waals surface area contributed by atoms with Crippen molar-refractivity contribution in [1.82, 2.24) is 14.4 Å². The molecule has 0 aliphatic rings. The SMILES string of the molecule is COc1ccc(-c2cn3c(O)c(C)nc3c(-c3ccc(OC)cc3)n2)cc1. The molecule has 0 aliphatic heterocycles. The normalized spacial score (nSPS) is 10.9. The van der Waals surface area contributed by atoms with Crippen molar-refractivity contribution in [3.05, 3.63) is 60.4 Å². The summed E-state index contributed by atoms with van der Waals surface area (Å²) in [6, 6.07) is 15.3. The van der Waals surface area contributed by atoms with Crippen molar-refractivity contribution >= 4 is 5.65 Å². The molecule has 0 saturated carbocycles. The van der Waals surface area contributed by atoms with E-state index in [0.29, 0.717) is 17.0 Å². The number of rotatable bonds is 4. The maximum atomic E-state index is 10.4. The van der Waals surface area contributed by atoms with Crippen LogP contribution in [0.15, 0.2) is 54.7 Å². The van der Waals surface area contributed by atoms with Crippen LogP contribution < -0.4 is 9.47 Å². The molecule has 6 heteroatoms. The van der Waals surface area contributed by atoms with Crippen LogP contribution in [0, 0.1) is 6.92 Å². The number of aromatic hydroxyl groups is 1. The largest absolute Gasteiger partial charge is 0.497 e. The van der Waals surface area contributed by atoms with Crippen LogP contribution in [0.1, 0.15) is 5.69 Å². The van der Waals surface area contributed by atoms with Gasteiger partial charge in [-0.05, 0) is 55.5 Å². The first-order valence-corrected chi connectivity index (χ1v) is 8.48. The van der Waals surface area contributed by atoms with Crippen LogP contribution in [0.25, 0.3) is 28.2 Å². The van der Waals surface area contributed by atoms with E-state index in [4.69, 9.17) is 14.5 Å². The van der Waals surface area contributed by atoms with Gasteiger partial charge in [0, 0.05) is 17.3 Å². The van der Waals surface area contributed by atoms with E-state index in [-0.39, 0.29) is 5.88 Å². The van der Waals surface area contributed by atoms with E-state index in [1.165, 1.54) is 0 Å². The third-order valence-corrected chi connectivity index (χ3v) is 4.50. The summed E-state index contributed by atoms with van der Waals surface area (Å²) >= 11 is 0.